The van der Waals surface area contributed by atoms with E-state index in [0.717, 1.165) is 16.5 Å². The Kier molecular flexibility index (Phi) is 5.58. The second-order valence-corrected chi connectivity index (χ2v) is 4.35. The molecule has 2 nitrogen and oxygen atoms in total. The largest absolute Gasteiger partial charge is 0.385 e. The first-order valence-electron chi connectivity index (χ1n) is 4.97. The highest BCUT2D eigenvalue weighted by molar-refractivity contribution is 9.10. The number of rotatable bonds is 6. The molecule has 0 fully saturated rings. The predicted octanol–water partition coefficient (Wildman–Crippen LogP) is 2.99. The van der Waals surface area contributed by atoms with Crippen LogP contribution in [0, 0.1) is 0 Å². The van der Waals surface area contributed by atoms with Gasteiger partial charge in [-0.05, 0) is 24.1 Å². The van der Waals surface area contributed by atoms with E-state index in [1.165, 1.54) is 0 Å². The summed E-state index contributed by atoms with van der Waals surface area (Å²) in [6.07, 6.45) is 1.94. The van der Waals surface area contributed by atoms with Crippen molar-refractivity contribution in [1.29, 1.82) is 0 Å². The summed E-state index contributed by atoms with van der Waals surface area (Å²) >= 11 is 3.36. The molecule has 0 radical (unpaired) electrons. The van der Waals surface area contributed by atoms with Gasteiger partial charge in [0.25, 0.3) is 0 Å². The highest BCUT2D eigenvalue weighted by Gasteiger charge is 2.03. The highest BCUT2D eigenvalue weighted by Crippen LogP contribution is 2.11. The Labute approximate surface area is 98.8 Å². The first-order valence-corrected chi connectivity index (χ1v) is 5.77. The molecule has 15 heavy (non-hydrogen) atoms. The number of hydrogen-bond donors (Lipinski definition) is 0. The van der Waals surface area contributed by atoms with Gasteiger partial charge in [0, 0.05) is 31.0 Å². The average molecular weight is 271 g/mol. The summed E-state index contributed by atoms with van der Waals surface area (Å²) in [5.41, 5.74) is 1.07. The lowest BCUT2D eigenvalue weighted by Crippen LogP contribution is -2.04. The third-order valence-corrected chi connectivity index (χ3v) is 2.65. The van der Waals surface area contributed by atoms with Gasteiger partial charge in [0.1, 0.15) is 5.78 Å². The third kappa shape index (κ3) is 5.09. The summed E-state index contributed by atoms with van der Waals surface area (Å²) in [4.78, 5) is 11.5. The molecule has 1 aromatic carbocycles. The fourth-order valence-corrected chi connectivity index (χ4v) is 1.60. The summed E-state index contributed by atoms with van der Waals surface area (Å²) < 4.78 is 5.94. The maximum absolute atomic E-state index is 11.5. The minimum atomic E-state index is 0.273. The van der Waals surface area contributed by atoms with Gasteiger partial charge < -0.3 is 4.74 Å². The van der Waals surface area contributed by atoms with Gasteiger partial charge in [-0.25, -0.2) is 0 Å². The molecule has 0 aromatic heterocycles. The Balaban J connectivity index is 2.34. The number of halogens is 1. The summed E-state index contributed by atoms with van der Waals surface area (Å²) in [7, 11) is 1.65. The number of methoxy groups -OCH3 is 1. The Morgan fingerprint density at radius 2 is 2.00 bits per heavy atom. The molecule has 0 bridgehead atoms. The van der Waals surface area contributed by atoms with Crippen LogP contribution < -0.4 is 0 Å². The molecule has 1 rings (SSSR count). The van der Waals surface area contributed by atoms with Crippen LogP contribution in [0.3, 0.4) is 0 Å². The summed E-state index contributed by atoms with van der Waals surface area (Å²) in [5.74, 6) is 0.273. The maximum atomic E-state index is 11.5. The van der Waals surface area contributed by atoms with Crippen molar-refractivity contribution < 1.29 is 9.53 Å². The van der Waals surface area contributed by atoms with Crippen LogP contribution in [0.2, 0.25) is 0 Å². The van der Waals surface area contributed by atoms with Crippen LogP contribution in [-0.4, -0.2) is 19.5 Å². The van der Waals surface area contributed by atoms with Gasteiger partial charge in [0.2, 0.25) is 0 Å². The summed E-state index contributed by atoms with van der Waals surface area (Å²) in [6.45, 7) is 0.659. The molecule has 0 N–H and O–H groups in total. The zero-order valence-corrected chi connectivity index (χ0v) is 10.4. The van der Waals surface area contributed by atoms with E-state index in [4.69, 9.17) is 4.74 Å². The van der Waals surface area contributed by atoms with Gasteiger partial charge in [-0.3, -0.25) is 4.79 Å². The van der Waals surface area contributed by atoms with Crippen molar-refractivity contribution >= 4 is 21.7 Å². The van der Waals surface area contributed by atoms with Gasteiger partial charge in [-0.2, -0.15) is 0 Å². The van der Waals surface area contributed by atoms with Crippen LogP contribution in [0.15, 0.2) is 28.7 Å². The first-order chi connectivity index (χ1) is 7.22. The van der Waals surface area contributed by atoms with Crippen molar-refractivity contribution in [1.82, 2.24) is 0 Å². The van der Waals surface area contributed by atoms with E-state index in [0.29, 0.717) is 19.4 Å². The molecular formula is C12H15BrO2. The highest BCUT2D eigenvalue weighted by atomic mass is 79.9. The molecule has 0 spiro atoms. The van der Waals surface area contributed by atoms with E-state index in [2.05, 4.69) is 15.9 Å². The van der Waals surface area contributed by atoms with E-state index in [9.17, 15) is 4.79 Å². The number of Topliss-reactive ketones (excluding diaryl/α,β-unsaturated/α-hetero) is 1. The van der Waals surface area contributed by atoms with Crippen LogP contribution in [0.4, 0.5) is 0 Å². The molecule has 0 aliphatic rings. The molecule has 82 valence electrons. The molecule has 0 aliphatic carbocycles. The van der Waals surface area contributed by atoms with E-state index in [-0.39, 0.29) is 5.78 Å². The lowest BCUT2D eigenvalue weighted by molar-refractivity contribution is -0.118. The van der Waals surface area contributed by atoms with Crippen molar-refractivity contribution in [3.63, 3.8) is 0 Å². The van der Waals surface area contributed by atoms with Gasteiger partial charge in [0.15, 0.2) is 0 Å². The predicted molar refractivity (Wildman–Crippen MR) is 64.0 cm³/mol. The number of benzene rings is 1. The lowest BCUT2D eigenvalue weighted by Gasteiger charge is -2.01. The lowest BCUT2D eigenvalue weighted by atomic mass is 10.1. The van der Waals surface area contributed by atoms with Crippen molar-refractivity contribution in [2.24, 2.45) is 0 Å². The number of ether oxygens (including phenoxy) is 1. The Hall–Kier alpha value is -0.670. The molecule has 0 heterocycles. The van der Waals surface area contributed by atoms with Crippen molar-refractivity contribution in [2.75, 3.05) is 13.7 Å². The minimum absolute atomic E-state index is 0.273. The molecule has 0 amide bonds. The second kappa shape index (κ2) is 6.75. The van der Waals surface area contributed by atoms with Gasteiger partial charge in [-0.1, -0.05) is 28.1 Å². The molecule has 3 heteroatoms. The van der Waals surface area contributed by atoms with Crippen LogP contribution in [0.1, 0.15) is 18.4 Å². The molecule has 1 aromatic rings. The van der Waals surface area contributed by atoms with Crippen LogP contribution in [0.25, 0.3) is 0 Å². The molecule has 0 unspecified atom stereocenters. The SMILES string of the molecule is COCCCC(=O)Cc1ccc(Br)cc1. The van der Waals surface area contributed by atoms with Crippen molar-refractivity contribution in [3.8, 4) is 0 Å². The first kappa shape index (κ1) is 12.4. The average Bonchev–Trinajstić information content (AvgIpc) is 2.22. The molecule has 0 aliphatic heterocycles. The van der Waals surface area contributed by atoms with E-state index < -0.39 is 0 Å². The number of hydrogen-bond acceptors (Lipinski definition) is 2. The van der Waals surface area contributed by atoms with Gasteiger partial charge in [0.05, 0.1) is 0 Å². The minimum Gasteiger partial charge on any atom is -0.385 e. The molecule has 0 atom stereocenters. The van der Waals surface area contributed by atoms with Gasteiger partial charge >= 0.3 is 0 Å². The zero-order chi connectivity index (χ0) is 11.1. The van der Waals surface area contributed by atoms with E-state index in [1.54, 1.807) is 7.11 Å². The standard InChI is InChI=1S/C12H15BrO2/c1-15-8-2-3-12(14)9-10-4-6-11(13)7-5-10/h4-7H,2-3,8-9H2,1H3. The topological polar surface area (TPSA) is 26.3 Å². The van der Waals surface area contributed by atoms with Crippen LogP contribution in [0.5, 0.6) is 0 Å². The van der Waals surface area contributed by atoms with Crippen LogP contribution in [-0.2, 0) is 16.0 Å². The Morgan fingerprint density at radius 1 is 1.33 bits per heavy atom. The maximum Gasteiger partial charge on any atom is 0.137 e. The summed E-state index contributed by atoms with van der Waals surface area (Å²) in [6, 6.07) is 7.85. The zero-order valence-electron chi connectivity index (χ0n) is 8.83. The normalized spacial score (nSPS) is 10.3. The van der Waals surface area contributed by atoms with E-state index >= 15 is 0 Å². The third-order valence-electron chi connectivity index (χ3n) is 2.12. The fourth-order valence-electron chi connectivity index (χ4n) is 1.33. The number of carbonyl (C=O) groups excluding carboxylic acids is 1. The van der Waals surface area contributed by atoms with Crippen molar-refractivity contribution in [2.45, 2.75) is 19.3 Å². The summed E-state index contributed by atoms with van der Waals surface area (Å²) in [5, 5.41) is 0. The quantitative estimate of drug-likeness (QED) is 0.743. The fraction of sp³-hybridized carbons (Fsp3) is 0.417. The van der Waals surface area contributed by atoms with E-state index in [1.807, 2.05) is 24.3 Å². The number of ketones is 1. The van der Waals surface area contributed by atoms with Gasteiger partial charge in [-0.15, -0.1) is 0 Å². The molecule has 0 saturated heterocycles. The second-order valence-electron chi connectivity index (χ2n) is 3.44. The smallest absolute Gasteiger partial charge is 0.137 e. The molecular weight excluding hydrogens is 256 g/mol. The Bertz CT molecular complexity index is 306. The van der Waals surface area contributed by atoms with Crippen molar-refractivity contribution in [3.05, 3.63) is 34.3 Å². The monoisotopic (exact) mass is 270 g/mol. The molecule has 0 saturated carbocycles. The van der Waals surface area contributed by atoms with Crippen LogP contribution >= 0.6 is 15.9 Å². The number of carbonyl (C=O) groups is 1. The Morgan fingerprint density at radius 3 is 2.60 bits per heavy atom.